The van der Waals surface area contributed by atoms with Gasteiger partial charge < -0.3 is 9.30 Å². The fourth-order valence-electron chi connectivity index (χ4n) is 3.62. The van der Waals surface area contributed by atoms with Crippen molar-refractivity contribution in [3.05, 3.63) is 75.3 Å². The van der Waals surface area contributed by atoms with Crippen molar-refractivity contribution in [2.75, 3.05) is 0 Å². The van der Waals surface area contributed by atoms with Crippen LogP contribution in [-0.4, -0.2) is 21.1 Å². The van der Waals surface area contributed by atoms with Gasteiger partial charge in [0.1, 0.15) is 16.3 Å². The number of benzene rings is 2. The van der Waals surface area contributed by atoms with Gasteiger partial charge in [0.05, 0.1) is 21.1 Å². The van der Waals surface area contributed by atoms with Gasteiger partial charge in [-0.25, -0.2) is 9.78 Å². The maximum atomic E-state index is 13.4. The first-order chi connectivity index (χ1) is 15.4. The molecule has 0 aliphatic rings. The lowest BCUT2D eigenvalue weighted by Crippen LogP contribution is -2.26. The molecule has 4 nitrogen and oxygen atoms in total. The molecule has 172 valence electrons. The van der Waals surface area contributed by atoms with E-state index in [1.54, 1.807) is 37.6 Å². The molecule has 0 aliphatic heterocycles. The van der Waals surface area contributed by atoms with E-state index in [1.807, 2.05) is 24.3 Å². The predicted molar refractivity (Wildman–Crippen MR) is 126 cm³/mol. The van der Waals surface area contributed by atoms with Gasteiger partial charge in [-0.2, -0.15) is 13.2 Å². The Bertz CT molecular complexity index is 1340. The Morgan fingerprint density at radius 1 is 1.12 bits per heavy atom. The monoisotopic (exact) mass is 536 g/mol. The van der Waals surface area contributed by atoms with E-state index in [0.717, 1.165) is 21.3 Å². The summed E-state index contributed by atoms with van der Waals surface area (Å²) in [5.41, 5.74) is 0.488. The summed E-state index contributed by atoms with van der Waals surface area (Å²) in [7, 11) is 0. The molecule has 0 amide bonds. The summed E-state index contributed by atoms with van der Waals surface area (Å²) in [6.45, 7) is 5.37. The van der Waals surface area contributed by atoms with Crippen molar-refractivity contribution in [3.63, 3.8) is 0 Å². The van der Waals surface area contributed by atoms with Crippen molar-refractivity contribution < 1.29 is 22.7 Å². The van der Waals surface area contributed by atoms with Crippen LogP contribution in [-0.2, 0) is 17.5 Å². The fraction of sp³-hybridized carbons (Fsp3) is 0.250. The third-order valence-electron chi connectivity index (χ3n) is 4.85. The van der Waals surface area contributed by atoms with E-state index in [-0.39, 0.29) is 12.2 Å². The van der Waals surface area contributed by atoms with Crippen molar-refractivity contribution in [2.24, 2.45) is 0 Å². The molecule has 0 fully saturated rings. The summed E-state index contributed by atoms with van der Waals surface area (Å²) < 4.78 is 48.1. The van der Waals surface area contributed by atoms with Crippen molar-refractivity contribution in [1.29, 1.82) is 0 Å². The van der Waals surface area contributed by atoms with Crippen molar-refractivity contribution in [1.82, 2.24) is 9.55 Å². The lowest BCUT2D eigenvalue weighted by atomic mass is 10.1. The second kappa shape index (κ2) is 8.61. The summed E-state index contributed by atoms with van der Waals surface area (Å²) in [6, 6.07) is 12.5. The number of carbonyl (C=O) groups excluding carboxylic acids is 1. The number of hydrogen-bond acceptors (Lipinski definition) is 4. The molecule has 9 heteroatoms. The molecule has 0 atom stereocenters. The standard InChI is InChI=1S/C24H20BrF3N2O2S/c1-23(2,3)32-22(31)20-19(21-29-12-18(25)33-21)16-9-4-5-10-17(16)30(20)13-14-7-6-8-15(11-14)24(26,27)28/h4-12H,13H2,1-3H3. The molecule has 0 saturated heterocycles. The molecule has 0 N–H and O–H groups in total. The zero-order valence-corrected chi connectivity index (χ0v) is 20.4. The summed E-state index contributed by atoms with van der Waals surface area (Å²) in [6.07, 6.45) is -2.81. The molecule has 4 rings (SSSR count). The Labute approximate surface area is 201 Å². The summed E-state index contributed by atoms with van der Waals surface area (Å²) in [4.78, 5) is 17.9. The zero-order valence-electron chi connectivity index (χ0n) is 18.0. The first kappa shape index (κ1) is 23.5. The zero-order chi connectivity index (χ0) is 24.0. The van der Waals surface area contributed by atoms with Crippen LogP contribution in [0.4, 0.5) is 13.2 Å². The first-order valence-corrected chi connectivity index (χ1v) is 11.7. The van der Waals surface area contributed by atoms with Gasteiger partial charge in [-0.3, -0.25) is 0 Å². The van der Waals surface area contributed by atoms with Gasteiger partial charge >= 0.3 is 12.1 Å². The summed E-state index contributed by atoms with van der Waals surface area (Å²) in [5, 5.41) is 1.38. The Hall–Kier alpha value is -2.65. The Balaban J connectivity index is 1.95. The van der Waals surface area contributed by atoms with Crippen LogP contribution >= 0.6 is 27.3 Å². The van der Waals surface area contributed by atoms with Gasteiger partial charge in [0.25, 0.3) is 0 Å². The van der Waals surface area contributed by atoms with Crippen LogP contribution in [0.1, 0.15) is 42.4 Å². The van der Waals surface area contributed by atoms with Gasteiger partial charge in [-0.1, -0.05) is 30.3 Å². The van der Waals surface area contributed by atoms with Gasteiger partial charge in [0.15, 0.2) is 0 Å². The molecular weight excluding hydrogens is 517 g/mol. The number of alkyl halides is 3. The second-order valence-corrected chi connectivity index (χ2v) is 10.9. The normalized spacial score (nSPS) is 12.3. The van der Waals surface area contributed by atoms with E-state index >= 15 is 0 Å². The largest absolute Gasteiger partial charge is 0.455 e. The Morgan fingerprint density at radius 2 is 1.85 bits per heavy atom. The maximum absolute atomic E-state index is 13.4. The molecule has 0 spiro atoms. The van der Waals surface area contributed by atoms with Crippen LogP contribution in [0.5, 0.6) is 0 Å². The van der Waals surface area contributed by atoms with Crippen LogP contribution < -0.4 is 0 Å². The predicted octanol–water partition coefficient (Wildman–Crippen LogP) is 7.55. The van der Waals surface area contributed by atoms with E-state index < -0.39 is 23.3 Å². The van der Waals surface area contributed by atoms with Crippen molar-refractivity contribution >= 4 is 44.1 Å². The Morgan fingerprint density at radius 3 is 2.48 bits per heavy atom. The highest BCUT2D eigenvalue weighted by atomic mass is 79.9. The van der Waals surface area contributed by atoms with Gasteiger partial charge in [-0.05, 0) is 60.5 Å². The first-order valence-electron chi connectivity index (χ1n) is 10.1. The highest BCUT2D eigenvalue weighted by Gasteiger charge is 2.32. The molecule has 0 saturated carbocycles. The second-order valence-electron chi connectivity index (χ2n) is 8.50. The van der Waals surface area contributed by atoms with Gasteiger partial charge in [0, 0.05) is 17.4 Å². The SMILES string of the molecule is CC(C)(C)OC(=O)c1c(-c2ncc(Br)s2)c2ccccc2n1Cc1cccc(C(F)(F)F)c1. The van der Waals surface area contributed by atoms with Crippen LogP contribution in [0, 0.1) is 0 Å². The van der Waals surface area contributed by atoms with E-state index in [9.17, 15) is 18.0 Å². The summed E-state index contributed by atoms with van der Waals surface area (Å²) in [5.74, 6) is -0.563. The van der Waals surface area contributed by atoms with Crippen LogP contribution in [0.3, 0.4) is 0 Å². The average molecular weight is 537 g/mol. The van der Waals surface area contributed by atoms with E-state index in [4.69, 9.17) is 4.74 Å². The molecule has 2 aromatic heterocycles. The number of carbonyl (C=O) groups is 1. The number of thiazole rings is 1. The van der Waals surface area contributed by atoms with E-state index in [0.29, 0.717) is 21.7 Å². The van der Waals surface area contributed by atoms with Crippen LogP contribution in [0.15, 0.2) is 58.5 Å². The molecule has 0 unspecified atom stereocenters. The number of hydrogen-bond donors (Lipinski definition) is 0. The van der Waals surface area contributed by atoms with Crippen molar-refractivity contribution in [3.8, 4) is 10.6 Å². The smallest absolute Gasteiger partial charge is 0.416 e. The number of nitrogens with zero attached hydrogens (tertiary/aromatic N) is 2. The maximum Gasteiger partial charge on any atom is 0.416 e. The van der Waals surface area contributed by atoms with Crippen LogP contribution in [0.25, 0.3) is 21.5 Å². The minimum absolute atomic E-state index is 0.0611. The average Bonchev–Trinajstić information content (AvgIpc) is 3.28. The number of halogens is 4. The molecule has 0 bridgehead atoms. The quantitative estimate of drug-likeness (QED) is 0.253. The van der Waals surface area contributed by atoms with Crippen LogP contribution in [0.2, 0.25) is 0 Å². The minimum Gasteiger partial charge on any atom is -0.455 e. The number of aromatic nitrogens is 2. The number of fused-ring (bicyclic) bond motifs is 1. The highest BCUT2D eigenvalue weighted by molar-refractivity contribution is 9.11. The van der Waals surface area contributed by atoms with E-state index in [2.05, 4.69) is 20.9 Å². The molecule has 2 aromatic carbocycles. The van der Waals surface area contributed by atoms with E-state index in [1.165, 1.54) is 17.4 Å². The summed E-state index contributed by atoms with van der Waals surface area (Å²) >= 11 is 4.78. The third-order valence-corrected chi connectivity index (χ3v) is 6.34. The Kier molecular flexibility index (Phi) is 6.13. The van der Waals surface area contributed by atoms with Gasteiger partial charge in [-0.15, -0.1) is 11.3 Å². The van der Waals surface area contributed by atoms with Gasteiger partial charge in [0.2, 0.25) is 0 Å². The molecule has 4 aromatic rings. The third kappa shape index (κ3) is 4.99. The number of para-hydroxylation sites is 1. The molecular formula is C24H20BrF3N2O2S. The minimum atomic E-state index is -4.46. The number of esters is 1. The van der Waals surface area contributed by atoms with Crippen molar-refractivity contribution in [2.45, 2.75) is 39.1 Å². The lowest BCUT2D eigenvalue weighted by Gasteiger charge is -2.21. The topological polar surface area (TPSA) is 44.1 Å². The highest BCUT2D eigenvalue weighted by Crippen LogP contribution is 2.39. The molecule has 2 heterocycles. The molecule has 0 radical (unpaired) electrons. The fourth-order valence-corrected chi connectivity index (χ4v) is 4.89. The number of rotatable bonds is 4. The number of ether oxygens (including phenoxy) is 1. The molecule has 0 aliphatic carbocycles. The lowest BCUT2D eigenvalue weighted by molar-refractivity contribution is -0.137. The molecule has 33 heavy (non-hydrogen) atoms.